The molecule has 11 heavy (non-hydrogen) atoms. The molecule has 0 aromatic carbocycles. The molecule has 2 fully saturated rings. The number of carbonyl (C=O) groups is 1. The predicted octanol–water partition coefficient (Wildman–Crippen LogP) is 0.0186. The van der Waals surface area contributed by atoms with Crippen molar-refractivity contribution in [3.05, 3.63) is 0 Å². The molecule has 3 nitrogen and oxygen atoms in total. The van der Waals surface area contributed by atoms with Crippen LogP contribution in [0, 0.1) is 0 Å². The molecule has 0 aliphatic carbocycles. The van der Waals surface area contributed by atoms with Gasteiger partial charge >= 0.3 is 0 Å². The Morgan fingerprint density at radius 1 is 1.18 bits per heavy atom. The summed E-state index contributed by atoms with van der Waals surface area (Å²) in [5, 5.41) is 6.22. The summed E-state index contributed by atoms with van der Waals surface area (Å²) in [4.78, 5) is 11.4. The average Bonchev–Trinajstić information content (AvgIpc) is 2.46. The number of hydrogen-bond acceptors (Lipinski definition) is 2. The lowest BCUT2D eigenvalue weighted by molar-refractivity contribution is -0.128. The van der Waals surface area contributed by atoms with Gasteiger partial charge in [-0.3, -0.25) is 4.79 Å². The van der Waals surface area contributed by atoms with Crippen LogP contribution in [0.3, 0.4) is 0 Å². The van der Waals surface area contributed by atoms with Crippen LogP contribution in [0.5, 0.6) is 0 Å². The second-order valence-electron chi connectivity index (χ2n) is 3.47. The summed E-state index contributed by atoms with van der Waals surface area (Å²) in [5.41, 5.74) is -0.168. The normalized spacial score (nSPS) is 37.6. The quantitative estimate of drug-likeness (QED) is 0.516. The molecule has 0 aromatic heterocycles. The first-order valence-electron chi connectivity index (χ1n) is 4.37. The molecule has 2 rings (SSSR count). The SMILES string of the molecule is O=C1NCCC[C@@]12CCCN2. The molecule has 2 heterocycles. The van der Waals surface area contributed by atoms with E-state index < -0.39 is 0 Å². The summed E-state index contributed by atoms with van der Waals surface area (Å²) in [7, 11) is 0. The highest BCUT2D eigenvalue weighted by atomic mass is 16.2. The van der Waals surface area contributed by atoms with Crippen molar-refractivity contribution in [3.8, 4) is 0 Å². The zero-order valence-corrected chi connectivity index (χ0v) is 6.65. The van der Waals surface area contributed by atoms with Crippen molar-refractivity contribution in [1.82, 2.24) is 10.6 Å². The van der Waals surface area contributed by atoms with E-state index in [9.17, 15) is 4.79 Å². The molecule has 0 radical (unpaired) electrons. The summed E-state index contributed by atoms with van der Waals surface area (Å²) >= 11 is 0. The van der Waals surface area contributed by atoms with Crippen LogP contribution in [0.1, 0.15) is 25.7 Å². The Bertz CT molecular complexity index is 173. The van der Waals surface area contributed by atoms with Gasteiger partial charge in [-0.15, -0.1) is 0 Å². The van der Waals surface area contributed by atoms with Gasteiger partial charge in [-0.1, -0.05) is 0 Å². The topological polar surface area (TPSA) is 41.1 Å². The van der Waals surface area contributed by atoms with Crippen LogP contribution >= 0.6 is 0 Å². The molecule has 1 spiro atoms. The Labute approximate surface area is 66.5 Å². The van der Waals surface area contributed by atoms with Crippen LogP contribution in [0.4, 0.5) is 0 Å². The number of carbonyl (C=O) groups excluding carboxylic acids is 1. The van der Waals surface area contributed by atoms with Gasteiger partial charge in [-0.2, -0.15) is 0 Å². The van der Waals surface area contributed by atoms with E-state index in [-0.39, 0.29) is 11.4 Å². The lowest BCUT2D eigenvalue weighted by Gasteiger charge is -2.32. The molecule has 0 aromatic rings. The Morgan fingerprint density at radius 3 is 2.55 bits per heavy atom. The van der Waals surface area contributed by atoms with Crippen LogP contribution in [0.25, 0.3) is 0 Å². The molecule has 2 aliphatic heterocycles. The van der Waals surface area contributed by atoms with Crippen LogP contribution in [0.15, 0.2) is 0 Å². The number of piperidine rings is 1. The van der Waals surface area contributed by atoms with E-state index >= 15 is 0 Å². The third kappa shape index (κ3) is 1.03. The van der Waals surface area contributed by atoms with Crippen molar-refractivity contribution in [2.45, 2.75) is 31.2 Å². The summed E-state index contributed by atoms with van der Waals surface area (Å²) in [6, 6.07) is 0. The van der Waals surface area contributed by atoms with Crippen molar-refractivity contribution < 1.29 is 4.79 Å². The summed E-state index contributed by atoms with van der Waals surface area (Å²) in [6.07, 6.45) is 4.32. The molecule has 3 heteroatoms. The molecule has 0 bridgehead atoms. The molecule has 0 saturated carbocycles. The zero-order valence-electron chi connectivity index (χ0n) is 6.65. The second kappa shape index (κ2) is 2.48. The highest BCUT2D eigenvalue weighted by Crippen LogP contribution is 2.26. The minimum atomic E-state index is -0.168. The molecule has 1 amide bonds. The molecular weight excluding hydrogens is 140 g/mol. The van der Waals surface area contributed by atoms with Gasteiger partial charge in [0, 0.05) is 6.54 Å². The van der Waals surface area contributed by atoms with Gasteiger partial charge in [0.05, 0.1) is 5.54 Å². The highest BCUT2D eigenvalue weighted by Gasteiger charge is 2.41. The van der Waals surface area contributed by atoms with E-state index in [0.29, 0.717) is 0 Å². The van der Waals surface area contributed by atoms with Crippen LogP contribution < -0.4 is 10.6 Å². The van der Waals surface area contributed by atoms with Gasteiger partial charge in [-0.25, -0.2) is 0 Å². The highest BCUT2D eigenvalue weighted by molar-refractivity contribution is 5.87. The maximum Gasteiger partial charge on any atom is 0.240 e. The molecule has 2 aliphatic rings. The van der Waals surface area contributed by atoms with Crippen LogP contribution in [-0.4, -0.2) is 24.5 Å². The molecule has 1 atom stereocenters. The summed E-state index contributed by atoms with van der Waals surface area (Å²) in [6.45, 7) is 1.87. The second-order valence-corrected chi connectivity index (χ2v) is 3.47. The van der Waals surface area contributed by atoms with Crippen LogP contribution in [0.2, 0.25) is 0 Å². The maximum absolute atomic E-state index is 11.4. The smallest absolute Gasteiger partial charge is 0.240 e. The summed E-state index contributed by atoms with van der Waals surface area (Å²) in [5.74, 6) is 0.223. The van der Waals surface area contributed by atoms with E-state index in [1.165, 1.54) is 0 Å². The van der Waals surface area contributed by atoms with Gasteiger partial charge < -0.3 is 10.6 Å². The first-order chi connectivity index (χ1) is 5.33. The molecule has 0 unspecified atom stereocenters. The predicted molar refractivity (Wildman–Crippen MR) is 42.2 cm³/mol. The van der Waals surface area contributed by atoms with Crippen molar-refractivity contribution in [2.75, 3.05) is 13.1 Å². The fourth-order valence-electron chi connectivity index (χ4n) is 2.09. The number of hydrogen-bond donors (Lipinski definition) is 2. The number of rotatable bonds is 0. The minimum absolute atomic E-state index is 0.168. The van der Waals surface area contributed by atoms with Crippen molar-refractivity contribution in [1.29, 1.82) is 0 Å². The largest absolute Gasteiger partial charge is 0.354 e. The van der Waals surface area contributed by atoms with Crippen molar-refractivity contribution in [3.63, 3.8) is 0 Å². The third-order valence-corrected chi connectivity index (χ3v) is 2.74. The molecule has 62 valence electrons. The lowest BCUT2D eigenvalue weighted by atomic mass is 9.88. The molecule has 2 saturated heterocycles. The fourth-order valence-corrected chi connectivity index (χ4v) is 2.09. The Hall–Kier alpha value is -0.570. The zero-order chi connectivity index (χ0) is 7.73. The molecule has 2 N–H and O–H groups in total. The standard InChI is InChI=1S/C8H14N2O/c11-7-8(3-1-5-9-7)4-2-6-10-8/h10H,1-6H2,(H,9,11)/t8-/m1/s1. The van der Waals surface area contributed by atoms with E-state index in [2.05, 4.69) is 10.6 Å². The Balaban J connectivity index is 2.13. The monoisotopic (exact) mass is 154 g/mol. The van der Waals surface area contributed by atoms with E-state index in [1.807, 2.05) is 0 Å². The lowest BCUT2D eigenvalue weighted by Crippen LogP contribution is -2.56. The van der Waals surface area contributed by atoms with Crippen molar-refractivity contribution >= 4 is 5.91 Å². The maximum atomic E-state index is 11.4. The Kier molecular flexibility index (Phi) is 1.60. The van der Waals surface area contributed by atoms with Gasteiger partial charge in [0.15, 0.2) is 0 Å². The van der Waals surface area contributed by atoms with Gasteiger partial charge in [0.2, 0.25) is 5.91 Å². The van der Waals surface area contributed by atoms with Gasteiger partial charge in [0.1, 0.15) is 0 Å². The third-order valence-electron chi connectivity index (χ3n) is 2.74. The van der Waals surface area contributed by atoms with Gasteiger partial charge in [0.25, 0.3) is 0 Å². The van der Waals surface area contributed by atoms with E-state index in [0.717, 1.165) is 38.8 Å². The first kappa shape index (κ1) is 7.10. The van der Waals surface area contributed by atoms with E-state index in [1.54, 1.807) is 0 Å². The number of amides is 1. The summed E-state index contributed by atoms with van der Waals surface area (Å²) < 4.78 is 0. The first-order valence-corrected chi connectivity index (χ1v) is 4.37. The minimum Gasteiger partial charge on any atom is -0.354 e. The van der Waals surface area contributed by atoms with Crippen molar-refractivity contribution in [2.24, 2.45) is 0 Å². The van der Waals surface area contributed by atoms with Crippen LogP contribution in [-0.2, 0) is 4.79 Å². The van der Waals surface area contributed by atoms with Gasteiger partial charge in [-0.05, 0) is 32.2 Å². The van der Waals surface area contributed by atoms with E-state index in [4.69, 9.17) is 0 Å². The molecular formula is C8H14N2O. The Morgan fingerprint density at radius 2 is 1.91 bits per heavy atom. The average molecular weight is 154 g/mol. The fraction of sp³-hybridized carbons (Fsp3) is 0.875. The number of nitrogens with one attached hydrogen (secondary N) is 2.